The van der Waals surface area contributed by atoms with Gasteiger partial charge in [0, 0.05) is 25.5 Å². The highest BCUT2D eigenvalue weighted by Crippen LogP contribution is 2.29. The molecule has 0 aliphatic rings. The molecule has 2 heterocycles. The fraction of sp³-hybridized carbons (Fsp3) is 0.231. The van der Waals surface area contributed by atoms with Gasteiger partial charge in [-0.25, -0.2) is 4.98 Å². The largest absolute Gasteiger partial charge is 0.346 e. The molecule has 19 heavy (non-hydrogen) atoms. The van der Waals surface area contributed by atoms with E-state index in [1.54, 1.807) is 30.4 Å². The average Bonchev–Trinajstić information content (AvgIpc) is 2.46. The number of rotatable bonds is 4. The highest BCUT2D eigenvalue weighted by Gasteiger charge is 2.22. The monoisotopic (exact) mass is 258 g/mol. The molecule has 0 fully saturated rings. The van der Waals surface area contributed by atoms with Crippen LogP contribution in [0.3, 0.4) is 0 Å². The van der Waals surface area contributed by atoms with E-state index in [1.807, 2.05) is 25.1 Å². The van der Waals surface area contributed by atoms with E-state index in [4.69, 9.17) is 0 Å². The highest BCUT2D eigenvalue weighted by molar-refractivity contribution is 5.57. The molecule has 0 aromatic carbocycles. The molecule has 0 aliphatic carbocycles. The van der Waals surface area contributed by atoms with Crippen molar-refractivity contribution in [3.63, 3.8) is 0 Å². The third-order valence-corrected chi connectivity index (χ3v) is 2.99. The van der Waals surface area contributed by atoms with E-state index < -0.39 is 4.92 Å². The molecule has 0 saturated heterocycles. The van der Waals surface area contributed by atoms with Crippen LogP contribution in [-0.4, -0.2) is 21.9 Å². The Morgan fingerprint density at radius 3 is 2.58 bits per heavy atom. The van der Waals surface area contributed by atoms with Crippen molar-refractivity contribution in [3.8, 4) is 0 Å². The molecule has 0 N–H and O–H groups in total. The maximum atomic E-state index is 11.0. The first-order valence-electron chi connectivity index (χ1n) is 5.84. The lowest BCUT2D eigenvalue weighted by molar-refractivity contribution is -0.384. The first kappa shape index (κ1) is 12.9. The van der Waals surface area contributed by atoms with Gasteiger partial charge in [-0.3, -0.25) is 15.1 Å². The summed E-state index contributed by atoms with van der Waals surface area (Å²) in [6.07, 6.45) is 3.25. The third kappa shape index (κ3) is 2.67. The molecule has 0 amide bonds. The lowest BCUT2D eigenvalue weighted by Crippen LogP contribution is -2.24. The van der Waals surface area contributed by atoms with Gasteiger partial charge < -0.3 is 4.90 Å². The molecule has 1 atom stereocenters. The molecular formula is C13H14N4O2. The van der Waals surface area contributed by atoms with E-state index in [0.717, 1.165) is 5.69 Å². The predicted octanol–water partition coefficient (Wildman–Crippen LogP) is 2.58. The van der Waals surface area contributed by atoms with Crippen LogP contribution in [0.5, 0.6) is 0 Å². The average molecular weight is 258 g/mol. The van der Waals surface area contributed by atoms with Gasteiger partial charge in [0.05, 0.1) is 16.7 Å². The summed E-state index contributed by atoms with van der Waals surface area (Å²) < 4.78 is 0. The molecule has 0 spiro atoms. The quantitative estimate of drug-likeness (QED) is 0.622. The van der Waals surface area contributed by atoms with Gasteiger partial charge in [0.15, 0.2) is 0 Å². The topological polar surface area (TPSA) is 72.2 Å². The second-order valence-electron chi connectivity index (χ2n) is 4.14. The van der Waals surface area contributed by atoms with Crippen LogP contribution < -0.4 is 4.90 Å². The molecule has 2 rings (SSSR count). The molecule has 0 radical (unpaired) electrons. The zero-order valence-corrected chi connectivity index (χ0v) is 10.7. The number of pyridine rings is 2. The minimum atomic E-state index is -0.427. The summed E-state index contributed by atoms with van der Waals surface area (Å²) in [7, 11) is 1.77. The number of hydrogen-bond donors (Lipinski definition) is 0. The van der Waals surface area contributed by atoms with E-state index in [9.17, 15) is 10.1 Å². The lowest BCUT2D eigenvalue weighted by atomic mass is 10.2. The van der Waals surface area contributed by atoms with Crippen molar-refractivity contribution in [1.29, 1.82) is 0 Å². The van der Waals surface area contributed by atoms with Crippen LogP contribution in [0.1, 0.15) is 18.7 Å². The molecule has 98 valence electrons. The van der Waals surface area contributed by atoms with Gasteiger partial charge in [0.1, 0.15) is 0 Å². The zero-order chi connectivity index (χ0) is 13.8. The Hall–Kier alpha value is -2.50. The summed E-state index contributed by atoms with van der Waals surface area (Å²) in [6, 6.07) is 8.51. The zero-order valence-electron chi connectivity index (χ0n) is 10.7. The van der Waals surface area contributed by atoms with Crippen molar-refractivity contribution >= 4 is 11.5 Å². The fourth-order valence-corrected chi connectivity index (χ4v) is 1.81. The van der Waals surface area contributed by atoms with Gasteiger partial charge in [-0.2, -0.15) is 0 Å². The molecule has 2 aromatic rings. The Balaban J connectivity index is 2.34. The van der Waals surface area contributed by atoms with Gasteiger partial charge in [-0.05, 0) is 25.1 Å². The fourth-order valence-electron chi connectivity index (χ4n) is 1.81. The smallest absolute Gasteiger partial charge is 0.311 e. The van der Waals surface area contributed by atoms with Crippen LogP contribution in [0.15, 0.2) is 42.7 Å². The summed E-state index contributed by atoms with van der Waals surface area (Å²) >= 11 is 0. The van der Waals surface area contributed by atoms with Crippen LogP contribution in [0.4, 0.5) is 11.5 Å². The molecule has 0 saturated carbocycles. The van der Waals surface area contributed by atoms with Crippen LogP contribution >= 0.6 is 0 Å². The van der Waals surface area contributed by atoms with Crippen LogP contribution in [0.2, 0.25) is 0 Å². The van der Waals surface area contributed by atoms with Crippen molar-refractivity contribution in [2.45, 2.75) is 13.0 Å². The second-order valence-corrected chi connectivity index (χ2v) is 4.14. The van der Waals surface area contributed by atoms with E-state index in [1.165, 1.54) is 6.07 Å². The molecule has 2 aromatic heterocycles. The first-order valence-corrected chi connectivity index (χ1v) is 5.84. The van der Waals surface area contributed by atoms with Crippen molar-refractivity contribution in [2.24, 2.45) is 0 Å². The van der Waals surface area contributed by atoms with E-state index in [0.29, 0.717) is 5.82 Å². The van der Waals surface area contributed by atoms with Crippen LogP contribution in [0, 0.1) is 10.1 Å². The molecule has 0 unspecified atom stereocenters. The van der Waals surface area contributed by atoms with Gasteiger partial charge >= 0.3 is 5.69 Å². The Morgan fingerprint density at radius 2 is 1.95 bits per heavy atom. The lowest BCUT2D eigenvalue weighted by Gasteiger charge is -2.24. The highest BCUT2D eigenvalue weighted by atomic mass is 16.6. The van der Waals surface area contributed by atoms with Crippen LogP contribution in [0.25, 0.3) is 0 Å². The van der Waals surface area contributed by atoms with Crippen LogP contribution in [-0.2, 0) is 0 Å². The Morgan fingerprint density at radius 1 is 1.21 bits per heavy atom. The minimum absolute atomic E-state index is 0.00668. The third-order valence-electron chi connectivity index (χ3n) is 2.99. The molecule has 0 bridgehead atoms. The van der Waals surface area contributed by atoms with Crippen molar-refractivity contribution in [3.05, 3.63) is 58.5 Å². The number of nitro groups is 1. The summed E-state index contributed by atoms with van der Waals surface area (Å²) in [6.45, 7) is 1.93. The number of nitrogens with zero attached hydrogens (tertiary/aromatic N) is 4. The summed E-state index contributed by atoms with van der Waals surface area (Å²) in [4.78, 5) is 20.7. The maximum Gasteiger partial charge on any atom is 0.311 e. The normalized spacial score (nSPS) is 11.9. The van der Waals surface area contributed by atoms with E-state index in [2.05, 4.69) is 9.97 Å². The predicted molar refractivity (Wildman–Crippen MR) is 71.9 cm³/mol. The molecule has 6 nitrogen and oxygen atoms in total. The van der Waals surface area contributed by atoms with Gasteiger partial charge in [0.25, 0.3) is 0 Å². The molecule has 0 aliphatic heterocycles. The summed E-state index contributed by atoms with van der Waals surface area (Å²) in [5, 5.41) is 11.0. The SMILES string of the molecule is C[C@H](c1ccccn1)N(C)c1ncccc1[N+](=O)[O-]. The second kappa shape index (κ2) is 5.43. The minimum Gasteiger partial charge on any atom is -0.346 e. The van der Waals surface area contributed by atoms with Gasteiger partial charge in [-0.15, -0.1) is 0 Å². The Labute approximate surface area is 110 Å². The van der Waals surface area contributed by atoms with E-state index >= 15 is 0 Å². The van der Waals surface area contributed by atoms with Crippen molar-refractivity contribution in [1.82, 2.24) is 9.97 Å². The molecular weight excluding hydrogens is 244 g/mol. The summed E-state index contributed by atoms with van der Waals surface area (Å²) in [5.74, 6) is 0.339. The number of aromatic nitrogens is 2. The number of hydrogen-bond acceptors (Lipinski definition) is 5. The maximum absolute atomic E-state index is 11.0. The van der Waals surface area contributed by atoms with Gasteiger partial charge in [0.2, 0.25) is 5.82 Å². The standard InChI is InChI=1S/C13H14N4O2/c1-10(11-6-3-4-8-14-11)16(2)13-12(17(18)19)7-5-9-15-13/h3-10H,1-2H3/t10-/m1/s1. The Bertz CT molecular complexity index is 574. The number of anilines is 1. The molecule has 6 heteroatoms. The van der Waals surface area contributed by atoms with E-state index in [-0.39, 0.29) is 11.7 Å². The first-order chi connectivity index (χ1) is 9.11. The Kier molecular flexibility index (Phi) is 3.70. The van der Waals surface area contributed by atoms with Gasteiger partial charge in [-0.1, -0.05) is 6.07 Å². The van der Waals surface area contributed by atoms with Crippen molar-refractivity contribution < 1.29 is 4.92 Å². The summed E-state index contributed by atoms with van der Waals surface area (Å²) in [5.41, 5.74) is 0.831. The van der Waals surface area contributed by atoms with Crippen molar-refractivity contribution in [2.75, 3.05) is 11.9 Å².